The Kier molecular flexibility index (Phi) is 5.84. The number of para-hydroxylation sites is 1. The first-order valence-electron chi connectivity index (χ1n) is 7.21. The fourth-order valence-corrected chi connectivity index (χ4v) is 3.44. The second-order valence-electron chi connectivity index (χ2n) is 5.13. The van der Waals surface area contributed by atoms with Gasteiger partial charge in [0.25, 0.3) is 5.69 Å². The van der Waals surface area contributed by atoms with Crippen LogP contribution in [0.15, 0.2) is 54.6 Å². The van der Waals surface area contributed by atoms with Gasteiger partial charge >= 0.3 is 0 Å². The van der Waals surface area contributed by atoms with Gasteiger partial charge in [-0.05, 0) is 18.4 Å². The summed E-state index contributed by atoms with van der Waals surface area (Å²) in [6, 6.07) is 15.7. The fourth-order valence-electron chi connectivity index (χ4n) is 2.23. The zero-order valence-corrected chi connectivity index (χ0v) is 13.3. The molecule has 0 aromatic heterocycles. The molecule has 0 fully saturated rings. The molecule has 0 heterocycles. The minimum absolute atomic E-state index is 0.179. The van der Waals surface area contributed by atoms with Gasteiger partial charge in [0.1, 0.15) is 0 Å². The summed E-state index contributed by atoms with van der Waals surface area (Å²) in [5, 5.41) is 10.9. The summed E-state index contributed by atoms with van der Waals surface area (Å²) in [7, 11) is -3.60. The predicted molar refractivity (Wildman–Crippen MR) is 88.5 cm³/mol. The molecule has 0 aliphatic rings. The highest BCUT2D eigenvalue weighted by atomic mass is 32.2. The Bertz CT molecular complexity index is 761. The van der Waals surface area contributed by atoms with Crippen LogP contribution in [0.3, 0.4) is 0 Å². The second-order valence-corrected chi connectivity index (χ2v) is 6.94. The van der Waals surface area contributed by atoms with Gasteiger partial charge in [0.05, 0.1) is 10.7 Å². The Balaban J connectivity index is 1.89. The molecule has 2 aromatic carbocycles. The SMILES string of the molecule is O=[N+]([O-])c1ccccc1CS(=O)(=O)NCCCc1ccccc1. The number of rotatable bonds is 8. The van der Waals surface area contributed by atoms with Crippen LogP contribution in [0.4, 0.5) is 5.69 Å². The van der Waals surface area contributed by atoms with Crippen molar-refractivity contribution in [2.45, 2.75) is 18.6 Å². The molecule has 0 aliphatic carbocycles. The Labute approximate surface area is 135 Å². The molecule has 0 amide bonds. The van der Waals surface area contributed by atoms with E-state index in [1.165, 1.54) is 18.2 Å². The van der Waals surface area contributed by atoms with E-state index in [9.17, 15) is 18.5 Å². The van der Waals surface area contributed by atoms with Crippen LogP contribution in [0, 0.1) is 10.1 Å². The molecule has 0 aliphatic heterocycles. The van der Waals surface area contributed by atoms with Crippen molar-refractivity contribution in [2.75, 3.05) is 6.54 Å². The van der Waals surface area contributed by atoms with Crippen LogP contribution in [-0.4, -0.2) is 19.9 Å². The van der Waals surface area contributed by atoms with Gasteiger partial charge in [-0.25, -0.2) is 13.1 Å². The van der Waals surface area contributed by atoms with Crippen molar-refractivity contribution in [3.05, 3.63) is 75.8 Å². The molecular weight excluding hydrogens is 316 g/mol. The van der Waals surface area contributed by atoms with Gasteiger partial charge in [-0.3, -0.25) is 10.1 Å². The number of hydrogen-bond acceptors (Lipinski definition) is 4. The van der Waals surface area contributed by atoms with Gasteiger partial charge in [-0.15, -0.1) is 0 Å². The number of sulfonamides is 1. The third-order valence-electron chi connectivity index (χ3n) is 3.34. The van der Waals surface area contributed by atoms with Gasteiger partial charge in [-0.2, -0.15) is 0 Å². The highest BCUT2D eigenvalue weighted by molar-refractivity contribution is 7.88. The molecule has 0 saturated heterocycles. The van der Waals surface area contributed by atoms with Crippen LogP contribution >= 0.6 is 0 Å². The summed E-state index contributed by atoms with van der Waals surface area (Å²) in [4.78, 5) is 10.3. The summed E-state index contributed by atoms with van der Waals surface area (Å²) >= 11 is 0. The van der Waals surface area contributed by atoms with Crippen molar-refractivity contribution in [2.24, 2.45) is 0 Å². The predicted octanol–water partition coefficient (Wildman–Crippen LogP) is 2.65. The van der Waals surface area contributed by atoms with Gasteiger partial charge in [0.15, 0.2) is 0 Å². The van der Waals surface area contributed by atoms with Crippen LogP contribution in [0.5, 0.6) is 0 Å². The topological polar surface area (TPSA) is 89.3 Å². The zero-order valence-electron chi connectivity index (χ0n) is 12.5. The minimum Gasteiger partial charge on any atom is -0.258 e. The summed E-state index contributed by atoms with van der Waals surface area (Å²) in [5.74, 6) is -0.393. The van der Waals surface area contributed by atoms with Crippen molar-refractivity contribution in [3.63, 3.8) is 0 Å². The molecular formula is C16H18N2O4S. The second kappa shape index (κ2) is 7.85. The molecule has 23 heavy (non-hydrogen) atoms. The Hall–Kier alpha value is -2.25. The van der Waals surface area contributed by atoms with E-state index in [2.05, 4.69) is 4.72 Å². The summed E-state index contributed by atoms with van der Waals surface area (Å²) in [5.41, 5.74) is 1.15. The van der Waals surface area contributed by atoms with Crippen molar-refractivity contribution in [3.8, 4) is 0 Å². The lowest BCUT2D eigenvalue weighted by atomic mass is 10.1. The van der Waals surface area contributed by atoms with E-state index in [1.54, 1.807) is 6.07 Å². The Morgan fingerprint density at radius 3 is 2.35 bits per heavy atom. The molecule has 6 nitrogen and oxygen atoms in total. The normalized spacial score (nSPS) is 11.3. The first-order valence-corrected chi connectivity index (χ1v) is 8.87. The summed E-state index contributed by atoms with van der Waals surface area (Å²) in [6.45, 7) is 0.303. The lowest BCUT2D eigenvalue weighted by Gasteiger charge is -2.07. The summed E-state index contributed by atoms with van der Waals surface area (Å²) in [6.07, 6.45) is 1.44. The number of nitro benzene ring substituents is 1. The molecule has 0 saturated carbocycles. The number of nitrogens with zero attached hydrogens (tertiary/aromatic N) is 1. The van der Waals surface area contributed by atoms with E-state index in [0.717, 1.165) is 12.0 Å². The summed E-state index contributed by atoms with van der Waals surface area (Å²) < 4.78 is 26.6. The number of nitro groups is 1. The zero-order chi connectivity index (χ0) is 16.7. The maximum atomic E-state index is 12.1. The van der Waals surface area contributed by atoms with Crippen molar-refractivity contribution in [1.29, 1.82) is 0 Å². The van der Waals surface area contributed by atoms with Gasteiger partial charge in [-0.1, -0.05) is 48.5 Å². The van der Waals surface area contributed by atoms with Crippen LogP contribution in [0.25, 0.3) is 0 Å². The molecule has 0 unspecified atom stereocenters. The molecule has 0 radical (unpaired) electrons. The van der Waals surface area contributed by atoms with Crippen molar-refractivity contribution >= 4 is 15.7 Å². The van der Waals surface area contributed by atoms with E-state index in [1.807, 2.05) is 30.3 Å². The maximum absolute atomic E-state index is 12.1. The molecule has 0 spiro atoms. The number of nitrogens with one attached hydrogen (secondary N) is 1. The molecule has 0 atom stereocenters. The third kappa shape index (κ3) is 5.46. The third-order valence-corrected chi connectivity index (χ3v) is 4.68. The minimum atomic E-state index is -3.60. The molecule has 2 rings (SSSR count). The highest BCUT2D eigenvalue weighted by Gasteiger charge is 2.19. The van der Waals surface area contributed by atoms with Crippen LogP contribution in [-0.2, 0) is 22.2 Å². The molecule has 7 heteroatoms. The number of aryl methyl sites for hydroxylation is 1. The average Bonchev–Trinajstić information content (AvgIpc) is 2.52. The van der Waals surface area contributed by atoms with E-state index >= 15 is 0 Å². The van der Waals surface area contributed by atoms with Crippen molar-refractivity contribution < 1.29 is 13.3 Å². The first-order chi connectivity index (χ1) is 11.0. The van der Waals surface area contributed by atoms with E-state index in [4.69, 9.17) is 0 Å². The maximum Gasteiger partial charge on any atom is 0.273 e. The standard InChI is InChI=1S/C16H18N2O4S/c19-18(20)16-11-5-4-10-15(16)13-23(21,22)17-12-6-9-14-7-2-1-3-8-14/h1-5,7-8,10-11,17H,6,9,12-13H2. The molecule has 1 N–H and O–H groups in total. The molecule has 122 valence electrons. The van der Waals surface area contributed by atoms with E-state index in [0.29, 0.717) is 13.0 Å². The quantitative estimate of drug-likeness (QED) is 0.456. The van der Waals surface area contributed by atoms with Crippen LogP contribution in [0.2, 0.25) is 0 Å². The monoisotopic (exact) mass is 334 g/mol. The Morgan fingerprint density at radius 1 is 1.00 bits per heavy atom. The van der Waals surface area contributed by atoms with Gasteiger partial charge in [0.2, 0.25) is 10.0 Å². The Morgan fingerprint density at radius 2 is 1.65 bits per heavy atom. The van der Waals surface area contributed by atoms with Crippen molar-refractivity contribution in [1.82, 2.24) is 4.72 Å². The fraction of sp³-hybridized carbons (Fsp3) is 0.250. The van der Waals surface area contributed by atoms with Crippen LogP contribution in [0.1, 0.15) is 17.5 Å². The molecule has 0 bridgehead atoms. The number of benzene rings is 2. The van der Waals surface area contributed by atoms with E-state index < -0.39 is 20.7 Å². The number of hydrogen-bond donors (Lipinski definition) is 1. The largest absolute Gasteiger partial charge is 0.273 e. The lowest BCUT2D eigenvalue weighted by molar-refractivity contribution is -0.385. The van der Waals surface area contributed by atoms with E-state index in [-0.39, 0.29) is 11.3 Å². The highest BCUT2D eigenvalue weighted by Crippen LogP contribution is 2.19. The lowest BCUT2D eigenvalue weighted by Crippen LogP contribution is -2.26. The van der Waals surface area contributed by atoms with Gasteiger partial charge < -0.3 is 0 Å². The smallest absolute Gasteiger partial charge is 0.258 e. The first kappa shape index (κ1) is 17.1. The van der Waals surface area contributed by atoms with Gasteiger partial charge in [0, 0.05) is 18.2 Å². The molecule has 2 aromatic rings. The van der Waals surface area contributed by atoms with Crippen LogP contribution < -0.4 is 4.72 Å². The average molecular weight is 334 g/mol.